The molecule has 1 aromatic carbocycles. The SMILES string of the molecule is O=CCN1C(=O)Cc2cc([N+](=O)[O-])ccc21. The molecule has 1 aliphatic rings. The molecule has 1 aliphatic heterocycles. The van der Waals surface area contributed by atoms with Gasteiger partial charge in [-0.25, -0.2) is 0 Å². The number of carbonyl (C=O) groups is 2. The summed E-state index contributed by atoms with van der Waals surface area (Å²) in [5, 5.41) is 10.5. The van der Waals surface area contributed by atoms with Crippen LogP contribution in [0.1, 0.15) is 5.56 Å². The fraction of sp³-hybridized carbons (Fsp3) is 0.200. The summed E-state index contributed by atoms with van der Waals surface area (Å²) in [5.74, 6) is -0.206. The van der Waals surface area contributed by atoms with Crippen molar-refractivity contribution in [3.8, 4) is 0 Å². The number of amides is 1. The molecule has 1 amide bonds. The monoisotopic (exact) mass is 220 g/mol. The van der Waals surface area contributed by atoms with Crippen molar-refractivity contribution in [2.24, 2.45) is 0 Å². The van der Waals surface area contributed by atoms with Gasteiger partial charge in [0, 0.05) is 17.8 Å². The second-order valence-electron chi connectivity index (χ2n) is 3.42. The zero-order valence-electron chi connectivity index (χ0n) is 8.25. The Morgan fingerprint density at radius 2 is 2.25 bits per heavy atom. The molecule has 0 radical (unpaired) electrons. The molecule has 1 heterocycles. The van der Waals surface area contributed by atoms with Gasteiger partial charge in [0.1, 0.15) is 6.29 Å². The van der Waals surface area contributed by atoms with E-state index >= 15 is 0 Å². The van der Waals surface area contributed by atoms with Crippen LogP contribution in [0, 0.1) is 10.1 Å². The van der Waals surface area contributed by atoms with Gasteiger partial charge in [-0.2, -0.15) is 0 Å². The zero-order chi connectivity index (χ0) is 11.7. The Morgan fingerprint density at radius 3 is 2.88 bits per heavy atom. The van der Waals surface area contributed by atoms with Gasteiger partial charge in [-0.05, 0) is 11.6 Å². The van der Waals surface area contributed by atoms with Crippen molar-refractivity contribution in [2.45, 2.75) is 6.42 Å². The van der Waals surface area contributed by atoms with E-state index in [0.717, 1.165) is 0 Å². The van der Waals surface area contributed by atoms with Crippen molar-refractivity contribution in [3.63, 3.8) is 0 Å². The molecule has 1 aromatic rings. The van der Waals surface area contributed by atoms with Crippen LogP contribution >= 0.6 is 0 Å². The van der Waals surface area contributed by atoms with Gasteiger partial charge in [-0.1, -0.05) is 0 Å². The lowest BCUT2D eigenvalue weighted by atomic mass is 10.1. The van der Waals surface area contributed by atoms with Gasteiger partial charge in [0.2, 0.25) is 5.91 Å². The number of nitro benzene ring substituents is 1. The third-order valence-electron chi connectivity index (χ3n) is 2.46. The van der Waals surface area contributed by atoms with E-state index in [1.807, 2.05) is 0 Å². The Balaban J connectivity index is 2.42. The Bertz CT molecular complexity index is 484. The highest BCUT2D eigenvalue weighted by atomic mass is 16.6. The van der Waals surface area contributed by atoms with E-state index in [1.54, 1.807) is 0 Å². The number of hydrogen-bond acceptors (Lipinski definition) is 4. The van der Waals surface area contributed by atoms with E-state index < -0.39 is 4.92 Å². The number of non-ortho nitro benzene ring substituents is 1. The number of rotatable bonds is 3. The maximum atomic E-state index is 11.5. The summed E-state index contributed by atoms with van der Waals surface area (Å²) in [4.78, 5) is 33.2. The Kier molecular flexibility index (Phi) is 2.40. The van der Waals surface area contributed by atoms with Crippen molar-refractivity contribution in [2.75, 3.05) is 11.4 Å². The van der Waals surface area contributed by atoms with E-state index in [2.05, 4.69) is 0 Å². The fourth-order valence-corrected chi connectivity index (χ4v) is 1.76. The molecule has 0 bridgehead atoms. The van der Waals surface area contributed by atoms with Gasteiger partial charge in [0.05, 0.1) is 17.9 Å². The lowest BCUT2D eigenvalue weighted by Gasteiger charge is -2.12. The molecule has 0 aliphatic carbocycles. The summed E-state index contributed by atoms with van der Waals surface area (Å²) < 4.78 is 0. The molecule has 0 saturated heterocycles. The molecule has 2 rings (SSSR count). The van der Waals surface area contributed by atoms with Crippen molar-refractivity contribution in [1.29, 1.82) is 0 Å². The van der Waals surface area contributed by atoms with Gasteiger partial charge >= 0.3 is 0 Å². The zero-order valence-corrected chi connectivity index (χ0v) is 8.25. The first-order chi connectivity index (χ1) is 7.63. The van der Waals surface area contributed by atoms with Crippen molar-refractivity contribution in [1.82, 2.24) is 0 Å². The van der Waals surface area contributed by atoms with E-state index in [1.165, 1.54) is 23.1 Å². The largest absolute Gasteiger partial charge is 0.305 e. The summed E-state index contributed by atoms with van der Waals surface area (Å²) in [6.45, 7) is -0.0103. The third kappa shape index (κ3) is 1.54. The maximum Gasteiger partial charge on any atom is 0.269 e. The van der Waals surface area contributed by atoms with Gasteiger partial charge in [0.15, 0.2) is 0 Å². The lowest BCUT2D eigenvalue weighted by molar-refractivity contribution is -0.384. The van der Waals surface area contributed by atoms with Crippen LogP contribution in [0.15, 0.2) is 18.2 Å². The Labute approximate surface area is 90.6 Å². The Hall–Kier alpha value is -2.24. The minimum Gasteiger partial charge on any atom is -0.305 e. The summed E-state index contributed by atoms with van der Waals surface area (Å²) in [6.07, 6.45) is 0.749. The number of aldehydes is 1. The molecule has 0 fully saturated rings. The summed E-state index contributed by atoms with van der Waals surface area (Å²) in [7, 11) is 0. The molecule has 6 nitrogen and oxygen atoms in total. The first kappa shape index (κ1) is 10.3. The van der Waals surface area contributed by atoms with Crippen molar-refractivity contribution < 1.29 is 14.5 Å². The number of nitrogens with zero attached hydrogens (tertiary/aromatic N) is 2. The number of benzene rings is 1. The average molecular weight is 220 g/mol. The van der Waals surface area contributed by atoms with E-state index in [0.29, 0.717) is 17.5 Å². The van der Waals surface area contributed by atoms with Gasteiger partial charge < -0.3 is 9.69 Å². The van der Waals surface area contributed by atoms with Gasteiger partial charge in [-0.15, -0.1) is 0 Å². The van der Waals surface area contributed by atoms with Crippen LogP contribution < -0.4 is 4.90 Å². The first-order valence-corrected chi connectivity index (χ1v) is 4.65. The topological polar surface area (TPSA) is 80.5 Å². The van der Waals surface area contributed by atoms with Crippen LogP contribution in [-0.4, -0.2) is 23.7 Å². The second-order valence-corrected chi connectivity index (χ2v) is 3.42. The predicted molar refractivity (Wildman–Crippen MR) is 55.2 cm³/mol. The molecule has 0 atom stereocenters. The first-order valence-electron chi connectivity index (χ1n) is 4.65. The summed E-state index contributed by atoms with van der Waals surface area (Å²) >= 11 is 0. The molecule has 0 spiro atoms. The van der Waals surface area contributed by atoms with Crippen LogP contribution in [0.5, 0.6) is 0 Å². The number of hydrogen-bond donors (Lipinski definition) is 0. The van der Waals surface area contributed by atoms with Crippen LogP contribution in [0.2, 0.25) is 0 Å². The molecule has 0 N–H and O–H groups in total. The van der Waals surface area contributed by atoms with Gasteiger partial charge in [0.25, 0.3) is 5.69 Å². The minimum atomic E-state index is -0.507. The summed E-state index contributed by atoms with van der Waals surface area (Å²) in [5.41, 5.74) is 1.14. The standard InChI is InChI=1S/C10H8N2O4/c13-4-3-11-9-2-1-8(12(15)16)5-7(9)6-10(11)14/h1-2,4-5H,3,6H2. The van der Waals surface area contributed by atoms with Crippen LogP contribution in [-0.2, 0) is 16.0 Å². The number of carbonyl (C=O) groups excluding carboxylic acids is 2. The highest BCUT2D eigenvalue weighted by Crippen LogP contribution is 2.31. The van der Waals surface area contributed by atoms with Crippen LogP contribution in [0.25, 0.3) is 0 Å². The molecule has 16 heavy (non-hydrogen) atoms. The van der Waals surface area contributed by atoms with E-state index in [9.17, 15) is 19.7 Å². The second kappa shape index (κ2) is 3.73. The minimum absolute atomic E-state index is 0.0103. The quantitative estimate of drug-likeness (QED) is 0.426. The lowest BCUT2D eigenvalue weighted by Crippen LogP contribution is -2.28. The molecule has 0 saturated carbocycles. The predicted octanol–water partition coefficient (Wildman–Crippen LogP) is 0.683. The normalized spacial score (nSPS) is 13.8. The van der Waals surface area contributed by atoms with E-state index in [-0.39, 0.29) is 24.6 Å². The highest BCUT2D eigenvalue weighted by Gasteiger charge is 2.28. The smallest absolute Gasteiger partial charge is 0.269 e. The molecular formula is C10H8N2O4. The molecule has 82 valence electrons. The number of anilines is 1. The van der Waals surface area contributed by atoms with Crippen LogP contribution in [0.3, 0.4) is 0 Å². The number of fused-ring (bicyclic) bond motifs is 1. The maximum absolute atomic E-state index is 11.5. The molecular weight excluding hydrogens is 212 g/mol. The van der Waals surface area contributed by atoms with Crippen LogP contribution in [0.4, 0.5) is 11.4 Å². The summed E-state index contributed by atoms with van der Waals surface area (Å²) in [6, 6.07) is 4.20. The van der Waals surface area contributed by atoms with Crippen molar-refractivity contribution >= 4 is 23.6 Å². The average Bonchev–Trinajstić information content (AvgIpc) is 2.55. The molecule has 6 heteroatoms. The van der Waals surface area contributed by atoms with Gasteiger partial charge in [-0.3, -0.25) is 14.9 Å². The van der Waals surface area contributed by atoms with E-state index in [4.69, 9.17) is 0 Å². The Morgan fingerprint density at radius 1 is 1.50 bits per heavy atom. The highest BCUT2D eigenvalue weighted by molar-refractivity contribution is 6.03. The van der Waals surface area contributed by atoms with Crippen molar-refractivity contribution in [3.05, 3.63) is 33.9 Å². The fourth-order valence-electron chi connectivity index (χ4n) is 1.76. The number of nitro groups is 1. The molecule has 0 aromatic heterocycles. The molecule has 0 unspecified atom stereocenters. The third-order valence-corrected chi connectivity index (χ3v) is 2.46.